The second-order valence-electron chi connectivity index (χ2n) is 6.10. The summed E-state index contributed by atoms with van der Waals surface area (Å²) in [6.45, 7) is 0.165. The maximum atomic E-state index is 11.6. The van der Waals surface area contributed by atoms with E-state index in [2.05, 4.69) is 0 Å². The van der Waals surface area contributed by atoms with Crippen LogP contribution in [0.25, 0.3) is 0 Å². The van der Waals surface area contributed by atoms with Gasteiger partial charge >= 0.3 is 6.09 Å². The summed E-state index contributed by atoms with van der Waals surface area (Å²) in [7, 11) is 0. The summed E-state index contributed by atoms with van der Waals surface area (Å²) in [5, 5.41) is 19.4. The second kappa shape index (κ2) is 5.66. The lowest BCUT2D eigenvalue weighted by Crippen LogP contribution is -2.51. The average Bonchev–Trinajstić information content (AvgIpc) is 3.21. The molecule has 5 nitrogen and oxygen atoms in total. The third kappa shape index (κ3) is 3.04. The number of ether oxygens (including phenoxy) is 1. The summed E-state index contributed by atoms with van der Waals surface area (Å²) < 4.78 is 5.88. The molecule has 0 unspecified atom stereocenters. The van der Waals surface area contributed by atoms with Crippen molar-refractivity contribution in [3.63, 3.8) is 0 Å². The average molecular weight is 291 g/mol. The lowest BCUT2D eigenvalue weighted by molar-refractivity contribution is 0.0444. The third-order valence-electron chi connectivity index (χ3n) is 4.38. The van der Waals surface area contributed by atoms with Crippen molar-refractivity contribution in [1.29, 1.82) is 0 Å². The van der Waals surface area contributed by atoms with Gasteiger partial charge in [0.15, 0.2) is 0 Å². The highest BCUT2D eigenvalue weighted by Gasteiger charge is 2.49. The van der Waals surface area contributed by atoms with Crippen molar-refractivity contribution in [1.82, 2.24) is 4.90 Å². The number of carbonyl (C=O) groups is 1. The Balaban J connectivity index is 1.80. The molecule has 2 fully saturated rings. The van der Waals surface area contributed by atoms with Gasteiger partial charge in [0.05, 0.1) is 30.9 Å². The number of carboxylic acid groups (broad SMARTS) is 1. The van der Waals surface area contributed by atoms with Crippen molar-refractivity contribution < 1.29 is 19.7 Å². The first-order valence-corrected chi connectivity index (χ1v) is 7.44. The third-order valence-corrected chi connectivity index (χ3v) is 4.38. The van der Waals surface area contributed by atoms with Gasteiger partial charge in [0.1, 0.15) is 0 Å². The zero-order chi connectivity index (χ0) is 14.9. The quantitative estimate of drug-likeness (QED) is 0.869. The zero-order valence-electron chi connectivity index (χ0n) is 11.9. The number of aliphatic hydroxyl groups is 1. The van der Waals surface area contributed by atoms with Gasteiger partial charge in [-0.1, -0.05) is 30.3 Å². The fourth-order valence-electron chi connectivity index (χ4n) is 3.19. The first-order valence-electron chi connectivity index (χ1n) is 7.44. The van der Waals surface area contributed by atoms with Crippen LogP contribution >= 0.6 is 0 Å². The van der Waals surface area contributed by atoms with Gasteiger partial charge in [0, 0.05) is 6.42 Å². The molecule has 1 saturated carbocycles. The minimum absolute atomic E-state index is 0.107. The molecule has 1 aliphatic heterocycles. The molecule has 1 aliphatic carbocycles. The van der Waals surface area contributed by atoms with Crippen molar-refractivity contribution in [2.45, 2.75) is 43.4 Å². The SMILES string of the molecule is O=C(O)N1C[C@H](OC2CC2)C[C@]1(CO)Cc1ccccc1. The summed E-state index contributed by atoms with van der Waals surface area (Å²) >= 11 is 0. The molecule has 2 atom stereocenters. The van der Waals surface area contributed by atoms with E-state index >= 15 is 0 Å². The first-order chi connectivity index (χ1) is 10.1. The fourth-order valence-corrected chi connectivity index (χ4v) is 3.19. The summed E-state index contributed by atoms with van der Waals surface area (Å²) in [6.07, 6.45) is 2.40. The molecular formula is C16H21NO4. The van der Waals surface area contributed by atoms with Gasteiger partial charge in [-0.15, -0.1) is 0 Å². The van der Waals surface area contributed by atoms with E-state index < -0.39 is 11.6 Å². The number of hydrogen-bond acceptors (Lipinski definition) is 3. The number of aliphatic hydroxyl groups excluding tert-OH is 1. The Hall–Kier alpha value is -1.59. The minimum atomic E-state index is -0.984. The summed E-state index contributed by atoms with van der Waals surface area (Å²) in [6, 6.07) is 9.72. The number of benzene rings is 1. The topological polar surface area (TPSA) is 70.0 Å². The normalized spacial score (nSPS) is 28.8. The van der Waals surface area contributed by atoms with Crippen LogP contribution < -0.4 is 0 Å². The Kier molecular flexibility index (Phi) is 3.87. The highest BCUT2D eigenvalue weighted by Crippen LogP contribution is 2.37. The molecule has 1 amide bonds. The number of rotatable bonds is 5. The molecule has 2 N–H and O–H groups in total. The highest BCUT2D eigenvalue weighted by atomic mass is 16.5. The Morgan fingerprint density at radius 2 is 2.00 bits per heavy atom. The summed E-state index contributed by atoms with van der Waals surface area (Å²) in [5.74, 6) is 0. The molecule has 1 saturated heterocycles. The predicted molar refractivity (Wildman–Crippen MR) is 77.2 cm³/mol. The Morgan fingerprint density at radius 1 is 1.29 bits per heavy atom. The molecule has 5 heteroatoms. The lowest BCUT2D eigenvalue weighted by Gasteiger charge is -2.35. The fraction of sp³-hybridized carbons (Fsp3) is 0.562. The lowest BCUT2D eigenvalue weighted by atomic mass is 9.88. The maximum Gasteiger partial charge on any atom is 0.407 e. The largest absolute Gasteiger partial charge is 0.465 e. The smallest absolute Gasteiger partial charge is 0.407 e. The summed E-state index contributed by atoms with van der Waals surface area (Å²) in [4.78, 5) is 12.9. The second-order valence-corrected chi connectivity index (χ2v) is 6.10. The van der Waals surface area contributed by atoms with E-state index in [1.807, 2.05) is 30.3 Å². The van der Waals surface area contributed by atoms with Crippen LogP contribution in [0.3, 0.4) is 0 Å². The Bertz CT molecular complexity index is 502. The van der Waals surface area contributed by atoms with Gasteiger partial charge in [-0.2, -0.15) is 0 Å². The van der Waals surface area contributed by atoms with Gasteiger partial charge in [-0.25, -0.2) is 4.79 Å². The van der Waals surface area contributed by atoms with Crippen molar-refractivity contribution in [2.75, 3.05) is 13.2 Å². The van der Waals surface area contributed by atoms with Crippen LogP contribution in [-0.4, -0.2) is 52.1 Å². The first kappa shape index (κ1) is 14.4. The van der Waals surface area contributed by atoms with Gasteiger partial charge in [-0.3, -0.25) is 4.90 Å². The van der Waals surface area contributed by atoms with Crippen molar-refractivity contribution in [3.8, 4) is 0 Å². The molecule has 0 spiro atoms. The highest BCUT2D eigenvalue weighted by molar-refractivity contribution is 5.67. The van der Waals surface area contributed by atoms with E-state index in [1.165, 1.54) is 4.90 Å². The van der Waals surface area contributed by atoms with Gasteiger partial charge in [0.25, 0.3) is 0 Å². The van der Waals surface area contributed by atoms with E-state index in [9.17, 15) is 15.0 Å². The molecule has 0 aromatic heterocycles. The molecular weight excluding hydrogens is 270 g/mol. The van der Waals surface area contributed by atoms with Crippen LogP contribution in [0.4, 0.5) is 4.79 Å². The molecule has 1 aromatic carbocycles. The van der Waals surface area contributed by atoms with Crippen LogP contribution in [0.5, 0.6) is 0 Å². The number of nitrogens with zero attached hydrogens (tertiary/aromatic N) is 1. The Morgan fingerprint density at radius 3 is 2.57 bits per heavy atom. The van der Waals surface area contributed by atoms with Crippen molar-refractivity contribution >= 4 is 6.09 Å². The number of likely N-dealkylation sites (tertiary alicyclic amines) is 1. The van der Waals surface area contributed by atoms with Crippen LogP contribution in [0.1, 0.15) is 24.8 Å². The van der Waals surface area contributed by atoms with Crippen LogP contribution in [0, 0.1) is 0 Å². The molecule has 1 aromatic rings. The van der Waals surface area contributed by atoms with Crippen molar-refractivity contribution in [2.24, 2.45) is 0 Å². The van der Waals surface area contributed by atoms with E-state index in [0.29, 0.717) is 19.4 Å². The number of hydrogen-bond donors (Lipinski definition) is 2. The van der Waals surface area contributed by atoms with Gasteiger partial charge < -0.3 is 14.9 Å². The minimum Gasteiger partial charge on any atom is -0.465 e. The van der Waals surface area contributed by atoms with Crippen LogP contribution in [0.15, 0.2) is 30.3 Å². The Labute approximate surface area is 124 Å². The standard InChI is InChI=1S/C16H21NO4/c18-11-16(8-12-4-2-1-3-5-12)9-14(21-13-6-7-13)10-17(16)15(19)20/h1-5,13-14,18H,6-11H2,(H,19,20)/t14-,16+/m1/s1. The molecule has 0 bridgehead atoms. The monoisotopic (exact) mass is 291 g/mol. The van der Waals surface area contributed by atoms with E-state index in [4.69, 9.17) is 4.74 Å². The van der Waals surface area contributed by atoms with E-state index in [-0.39, 0.29) is 18.8 Å². The maximum absolute atomic E-state index is 11.6. The van der Waals surface area contributed by atoms with E-state index in [1.54, 1.807) is 0 Å². The van der Waals surface area contributed by atoms with E-state index in [0.717, 1.165) is 18.4 Å². The molecule has 2 aliphatic rings. The molecule has 114 valence electrons. The van der Waals surface area contributed by atoms with Crippen molar-refractivity contribution in [3.05, 3.63) is 35.9 Å². The van der Waals surface area contributed by atoms with Gasteiger partial charge in [-0.05, 0) is 24.8 Å². The van der Waals surface area contributed by atoms with Gasteiger partial charge in [0.2, 0.25) is 0 Å². The predicted octanol–water partition coefficient (Wildman–Crippen LogP) is 1.89. The molecule has 1 heterocycles. The summed E-state index contributed by atoms with van der Waals surface area (Å²) in [5.41, 5.74) is 0.261. The molecule has 0 radical (unpaired) electrons. The number of amides is 1. The zero-order valence-corrected chi connectivity index (χ0v) is 11.9. The van der Waals surface area contributed by atoms with Crippen LogP contribution in [-0.2, 0) is 11.2 Å². The van der Waals surface area contributed by atoms with Crippen LogP contribution in [0.2, 0.25) is 0 Å². The molecule has 21 heavy (non-hydrogen) atoms. The molecule has 3 rings (SSSR count).